The zero-order valence-corrected chi connectivity index (χ0v) is 16.2. The Bertz CT molecular complexity index is 749. The van der Waals surface area contributed by atoms with Crippen molar-refractivity contribution in [2.24, 2.45) is 0 Å². The third kappa shape index (κ3) is 5.32. The van der Waals surface area contributed by atoms with Crippen LogP contribution in [0.15, 0.2) is 36.4 Å². The summed E-state index contributed by atoms with van der Waals surface area (Å²) in [5, 5.41) is 2.86. The second-order valence-corrected chi connectivity index (χ2v) is 8.24. The van der Waals surface area contributed by atoms with Crippen molar-refractivity contribution >= 4 is 46.0 Å². The highest BCUT2D eigenvalue weighted by Gasteiger charge is 2.13. The minimum absolute atomic E-state index is 0.0476. The summed E-state index contributed by atoms with van der Waals surface area (Å²) in [7, 11) is 0. The molecule has 0 atom stereocenters. The van der Waals surface area contributed by atoms with Gasteiger partial charge in [-0.25, -0.2) is 0 Å². The number of carbonyl (C=O) groups excluding carboxylic acids is 2. The fourth-order valence-corrected chi connectivity index (χ4v) is 4.13. The van der Waals surface area contributed by atoms with Gasteiger partial charge in [0.25, 0.3) is 0 Å². The molecule has 4 nitrogen and oxygen atoms in total. The number of nitrogens with one attached hydrogen (secondary N) is 1. The van der Waals surface area contributed by atoms with Gasteiger partial charge in [-0.2, -0.15) is 0 Å². The van der Waals surface area contributed by atoms with Crippen molar-refractivity contribution in [2.45, 2.75) is 38.5 Å². The second kappa shape index (κ2) is 9.19. The lowest BCUT2D eigenvalue weighted by Gasteiger charge is -2.22. The largest absolute Gasteiger partial charge is 0.372 e. The van der Waals surface area contributed by atoms with E-state index in [0.717, 1.165) is 18.8 Å². The van der Waals surface area contributed by atoms with Crippen LogP contribution < -0.4 is 10.2 Å². The number of Topliss-reactive ketones (excluding diaryl/α,β-unsaturated/α-hetero) is 1. The zero-order valence-electron chi connectivity index (χ0n) is 14.7. The van der Waals surface area contributed by atoms with Crippen molar-refractivity contribution in [2.75, 3.05) is 23.3 Å². The summed E-state index contributed by atoms with van der Waals surface area (Å²) in [6.07, 6.45) is 5.45. The van der Waals surface area contributed by atoms with Gasteiger partial charge in [-0.3, -0.25) is 9.59 Å². The predicted molar refractivity (Wildman–Crippen MR) is 109 cm³/mol. The number of carbonyl (C=O) groups is 2. The van der Waals surface area contributed by atoms with Crippen LogP contribution >= 0.6 is 22.9 Å². The average molecular weight is 391 g/mol. The van der Waals surface area contributed by atoms with Crippen LogP contribution in [0.1, 0.15) is 48.2 Å². The van der Waals surface area contributed by atoms with Gasteiger partial charge in [0.05, 0.1) is 9.21 Å². The molecule has 26 heavy (non-hydrogen) atoms. The highest BCUT2D eigenvalue weighted by molar-refractivity contribution is 7.18. The van der Waals surface area contributed by atoms with Crippen LogP contribution in [-0.4, -0.2) is 24.8 Å². The molecule has 0 aliphatic carbocycles. The Labute approximate surface area is 163 Å². The molecule has 1 fully saturated rings. The molecular formula is C20H23ClN2O2S. The smallest absolute Gasteiger partial charge is 0.224 e. The molecule has 0 radical (unpaired) electrons. The van der Waals surface area contributed by atoms with Gasteiger partial charge in [-0.15, -0.1) is 11.3 Å². The molecule has 3 rings (SSSR count). The summed E-state index contributed by atoms with van der Waals surface area (Å²) in [5.74, 6) is -0.197. The Hall–Kier alpha value is -1.85. The lowest BCUT2D eigenvalue weighted by Crippen LogP contribution is -2.23. The van der Waals surface area contributed by atoms with E-state index in [-0.39, 0.29) is 24.5 Å². The summed E-state index contributed by atoms with van der Waals surface area (Å²) in [6, 6.07) is 11.4. The number of ketones is 1. The minimum Gasteiger partial charge on any atom is -0.372 e. The van der Waals surface area contributed by atoms with Crippen molar-refractivity contribution in [1.82, 2.24) is 0 Å². The summed E-state index contributed by atoms with van der Waals surface area (Å²) < 4.78 is 0.585. The molecule has 1 saturated heterocycles. The summed E-state index contributed by atoms with van der Waals surface area (Å²) in [6.45, 7) is 2.20. The average Bonchev–Trinajstić information content (AvgIpc) is 2.91. The molecule has 1 N–H and O–H groups in total. The van der Waals surface area contributed by atoms with E-state index >= 15 is 0 Å². The number of halogens is 1. The molecule has 138 valence electrons. The van der Waals surface area contributed by atoms with Crippen LogP contribution in [-0.2, 0) is 4.79 Å². The van der Waals surface area contributed by atoms with Gasteiger partial charge in [-0.1, -0.05) is 24.4 Å². The quantitative estimate of drug-likeness (QED) is 0.673. The van der Waals surface area contributed by atoms with Crippen LogP contribution in [0.3, 0.4) is 0 Å². The van der Waals surface area contributed by atoms with Gasteiger partial charge in [0.1, 0.15) is 0 Å². The van der Waals surface area contributed by atoms with Crippen LogP contribution in [0, 0.1) is 0 Å². The maximum Gasteiger partial charge on any atom is 0.224 e. The van der Waals surface area contributed by atoms with Gasteiger partial charge in [-0.05, 0) is 49.2 Å². The number of amides is 1. The van der Waals surface area contributed by atoms with E-state index < -0.39 is 0 Å². The van der Waals surface area contributed by atoms with Gasteiger partial charge < -0.3 is 10.2 Å². The normalized spacial score (nSPS) is 14.7. The molecule has 1 aliphatic rings. The van der Waals surface area contributed by atoms with Crippen LogP contribution in [0.5, 0.6) is 0 Å². The van der Waals surface area contributed by atoms with Gasteiger partial charge >= 0.3 is 0 Å². The molecular weight excluding hydrogens is 368 g/mol. The first kappa shape index (κ1) is 18.9. The molecule has 1 amide bonds. The summed E-state index contributed by atoms with van der Waals surface area (Å²) in [4.78, 5) is 27.1. The first-order chi connectivity index (χ1) is 12.6. The van der Waals surface area contributed by atoms with E-state index in [1.54, 1.807) is 12.1 Å². The Kier molecular flexibility index (Phi) is 6.69. The lowest BCUT2D eigenvalue weighted by molar-refractivity contribution is -0.116. The number of benzene rings is 1. The molecule has 2 heterocycles. The van der Waals surface area contributed by atoms with Crippen molar-refractivity contribution in [3.8, 4) is 0 Å². The Morgan fingerprint density at radius 2 is 1.65 bits per heavy atom. The number of nitrogens with zero attached hydrogens (tertiary/aromatic N) is 1. The number of thiophene rings is 1. The molecule has 0 unspecified atom stereocenters. The Morgan fingerprint density at radius 3 is 2.27 bits per heavy atom. The number of rotatable bonds is 6. The van der Waals surface area contributed by atoms with E-state index in [1.807, 2.05) is 12.1 Å². The first-order valence-corrected chi connectivity index (χ1v) is 10.2. The van der Waals surface area contributed by atoms with Crippen LogP contribution in [0.4, 0.5) is 11.4 Å². The third-order valence-electron chi connectivity index (χ3n) is 4.55. The fourth-order valence-electron chi connectivity index (χ4n) is 3.12. The Balaban J connectivity index is 1.48. The van der Waals surface area contributed by atoms with Crippen LogP contribution in [0.25, 0.3) is 0 Å². The SMILES string of the molecule is O=C(CCC(=O)c1ccc(Cl)s1)Nc1ccc(N2CCCCCC2)cc1. The van der Waals surface area contributed by atoms with E-state index in [4.69, 9.17) is 11.6 Å². The summed E-state index contributed by atoms with van der Waals surface area (Å²) >= 11 is 7.08. The number of anilines is 2. The van der Waals surface area contributed by atoms with Gasteiger partial charge in [0, 0.05) is 37.3 Å². The van der Waals surface area contributed by atoms with E-state index in [0.29, 0.717) is 9.21 Å². The van der Waals surface area contributed by atoms with E-state index in [2.05, 4.69) is 22.3 Å². The van der Waals surface area contributed by atoms with Crippen molar-refractivity contribution < 1.29 is 9.59 Å². The first-order valence-electron chi connectivity index (χ1n) is 9.05. The van der Waals surface area contributed by atoms with Gasteiger partial charge in [0.15, 0.2) is 5.78 Å². The number of hydrogen-bond donors (Lipinski definition) is 1. The minimum atomic E-state index is -0.150. The molecule has 1 aromatic heterocycles. The predicted octanol–water partition coefficient (Wildman–Crippen LogP) is 5.38. The maximum absolute atomic E-state index is 12.1. The van der Waals surface area contributed by atoms with Gasteiger partial charge in [0.2, 0.25) is 5.91 Å². The zero-order chi connectivity index (χ0) is 18.4. The maximum atomic E-state index is 12.1. The number of hydrogen-bond acceptors (Lipinski definition) is 4. The van der Waals surface area contributed by atoms with E-state index in [9.17, 15) is 9.59 Å². The molecule has 1 aliphatic heterocycles. The topological polar surface area (TPSA) is 49.4 Å². The molecule has 0 bridgehead atoms. The summed E-state index contributed by atoms with van der Waals surface area (Å²) in [5.41, 5.74) is 1.97. The van der Waals surface area contributed by atoms with Crippen molar-refractivity contribution in [1.29, 1.82) is 0 Å². The van der Waals surface area contributed by atoms with Crippen LogP contribution in [0.2, 0.25) is 4.34 Å². The lowest BCUT2D eigenvalue weighted by atomic mass is 10.2. The molecule has 1 aromatic carbocycles. The fraction of sp³-hybridized carbons (Fsp3) is 0.400. The van der Waals surface area contributed by atoms with Crippen molar-refractivity contribution in [3.05, 3.63) is 45.6 Å². The van der Waals surface area contributed by atoms with E-state index in [1.165, 1.54) is 42.7 Å². The molecule has 6 heteroatoms. The van der Waals surface area contributed by atoms with Crippen molar-refractivity contribution in [3.63, 3.8) is 0 Å². The second-order valence-electron chi connectivity index (χ2n) is 6.52. The Morgan fingerprint density at radius 1 is 0.962 bits per heavy atom. The highest BCUT2D eigenvalue weighted by Crippen LogP contribution is 2.24. The highest BCUT2D eigenvalue weighted by atomic mass is 35.5. The molecule has 0 spiro atoms. The molecule has 0 saturated carbocycles. The monoisotopic (exact) mass is 390 g/mol. The third-order valence-corrected chi connectivity index (χ3v) is 5.82. The molecule has 2 aromatic rings. The standard InChI is InChI=1S/C20H23ClN2O2S/c21-19-11-10-18(26-19)17(24)9-12-20(25)22-15-5-7-16(8-6-15)23-13-3-1-2-4-14-23/h5-8,10-11H,1-4,9,12-14H2,(H,22,25).